The largest absolute Gasteiger partial charge is 0.396 e. The second-order valence-electron chi connectivity index (χ2n) is 4.27. The van der Waals surface area contributed by atoms with Crippen LogP contribution in [0.3, 0.4) is 0 Å². The van der Waals surface area contributed by atoms with Gasteiger partial charge in [0.2, 0.25) is 0 Å². The van der Waals surface area contributed by atoms with Gasteiger partial charge in [-0.05, 0) is 26.2 Å². The van der Waals surface area contributed by atoms with E-state index >= 15 is 0 Å². The van der Waals surface area contributed by atoms with Gasteiger partial charge in [0.25, 0.3) is 0 Å². The molecule has 96 valence electrons. The molecule has 0 aliphatic rings. The Morgan fingerprint density at radius 1 is 1.41 bits per heavy atom. The van der Waals surface area contributed by atoms with Crippen LogP contribution < -0.4 is 4.90 Å². The normalized spacial score (nSPS) is 10.6. The molecular formula is C12H21N3O2. The minimum Gasteiger partial charge on any atom is -0.396 e. The Hall–Kier alpha value is -1.36. The zero-order valence-corrected chi connectivity index (χ0v) is 10.8. The number of unbranched alkanes of at least 4 members (excludes halogenated alkanes) is 2. The summed E-state index contributed by atoms with van der Waals surface area (Å²) in [5.41, 5.74) is 1.43. The molecule has 1 rings (SSSR count). The van der Waals surface area contributed by atoms with Gasteiger partial charge in [-0.2, -0.15) is 5.10 Å². The van der Waals surface area contributed by atoms with Crippen LogP contribution in [0, 0.1) is 6.92 Å². The van der Waals surface area contributed by atoms with Crippen LogP contribution in [0.5, 0.6) is 0 Å². The Balaban J connectivity index is 2.67. The molecule has 17 heavy (non-hydrogen) atoms. The van der Waals surface area contributed by atoms with Gasteiger partial charge in [0, 0.05) is 27.2 Å². The molecule has 1 heterocycles. The van der Waals surface area contributed by atoms with Crippen LogP contribution in [0.4, 0.5) is 5.82 Å². The van der Waals surface area contributed by atoms with Gasteiger partial charge in [0.05, 0.1) is 11.3 Å². The Labute approximate surface area is 102 Å². The number of aldehydes is 1. The molecule has 0 atom stereocenters. The zero-order valence-electron chi connectivity index (χ0n) is 10.8. The first-order valence-electron chi connectivity index (χ1n) is 5.92. The molecule has 0 unspecified atom stereocenters. The summed E-state index contributed by atoms with van der Waals surface area (Å²) in [5, 5.41) is 13.0. The van der Waals surface area contributed by atoms with E-state index in [4.69, 9.17) is 5.11 Å². The van der Waals surface area contributed by atoms with Gasteiger partial charge in [-0.15, -0.1) is 0 Å². The van der Waals surface area contributed by atoms with Crippen LogP contribution in [-0.2, 0) is 7.05 Å². The van der Waals surface area contributed by atoms with Crippen LogP contribution >= 0.6 is 0 Å². The average molecular weight is 239 g/mol. The molecule has 1 N–H and O–H groups in total. The molecule has 0 saturated carbocycles. The topological polar surface area (TPSA) is 58.4 Å². The number of aromatic nitrogens is 2. The molecule has 0 saturated heterocycles. The summed E-state index contributed by atoms with van der Waals surface area (Å²) < 4.78 is 1.74. The van der Waals surface area contributed by atoms with Crippen LogP contribution in [-0.4, -0.2) is 41.4 Å². The van der Waals surface area contributed by atoms with Crippen molar-refractivity contribution in [1.82, 2.24) is 9.78 Å². The third-order valence-electron chi connectivity index (χ3n) is 2.87. The monoisotopic (exact) mass is 239 g/mol. The van der Waals surface area contributed by atoms with Crippen molar-refractivity contribution in [2.75, 3.05) is 25.1 Å². The lowest BCUT2D eigenvalue weighted by Crippen LogP contribution is -2.22. The van der Waals surface area contributed by atoms with Crippen LogP contribution in [0.25, 0.3) is 0 Å². The number of aliphatic hydroxyl groups excluding tert-OH is 1. The van der Waals surface area contributed by atoms with Crippen molar-refractivity contribution in [3.05, 3.63) is 11.3 Å². The van der Waals surface area contributed by atoms with Gasteiger partial charge in [-0.1, -0.05) is 0 Å². The van der Waals surface area contributed by atoms with Crippen LogP contribution in [0.1, 0.15) is 35.3 Å². The maximum atomic E-state index is 11.0. The predicted octanol–water partition coefficient (Wildman–Crippen LogP) is 1.14. The fourth-order valence-corrected chi connectivity index (χ4v) is 2.00. The highest BCUT2D eigenvalue weighted by Gasteiger charge is 2.15. The van der Waals surface area contributed by atoms with Crippen LogP contribution in [0.15, 0.2) is 0 Å². The highest BCUT2D eigenvalue weighted by molar-refractivity contribution is 5.84. The standard InChI is InChI=1S/C12H21N3O2/c1-10-11(9-17)12(15(3)13-10)14(2)7-5-4-6-8-16/h9,16H,4-8H2,1-3H3. The molecule has 0 fully saturated rings. The smallest absolute Gasteiger partial charge is 0.155 e. The maximum Gasteiger partial charge on any atom is 0.155 e. The summed E-state index contributed by atoms with van der Waals surface area (Å²) in [4.78, 5) is 13.1. The second kappa shape index (κ2) is 6.39. The summed E-state index contributed by atoms with van der Waals surface area (Å²) in [6.45, 7) is 2.95. The third-order valence-corrected chi connectivity index (χ3v) is 2.87. The summed E-state index contributed by atoms with van der Waals surface area (Å²) in [6.07, 6.45) is 3.69. The first-order valence-corrected chi connectivity index (χ1v) is 5.92. The number of nitrogens with zero attached hydrogens (tertiary/aromatic N) is 3. The van der Waals surface area contributed by atoms with Gasteiger partial charge in [0.1, 0.15) is 5.82 Å². The SMILES string of the molecule is Cc1nn(C)c(N(C)CCCCCO)c1C=O. The van der Waals surface area contributed by atoms with Gasteiger partial charge >= 0.3 is 0 Å². The van der Waals surface area contributed by atoms with Crippen LogP contribution in [0.2, 0.25) is 0 Å². The second-order valence-corrected chi connectivity index (χ2v) is 4.27. The van der Waals surface area contributed by atoms with E-state index in [1.54, 1.807) is 4.68 Å². The number of carbonyl (C=O) groups excluding carboxylic acids is 1. The molecule has 0 aromatic carbocycles. The summed E-state index contributed by atoms with van der Waals surface area (Å²) in [7, 11) is 3.81. The maximum absolute atomic E-state index is 11.0. The van der Waals surface area contributed by atoms with E-state index in [0.717, 1.165) is 43.6 Å². The summed E-state index contributed by atoms with van der Waals surface area (Å²) in [6, 6.07) is 0. The third kappa shape index (κ3) is 3.30. The van der Waals surface area contributed by atoms with Gasteiger partial charge < -0.3 is 10.0 Å². The quantitative estimate of drug-likeness (QED) is 0.572. The number of anilines is 1. The number of hydrogen-bond acceptors (Lipinski definition) is 4. The minimum atomic E-state index is 0.244. The van der Waals surface area contributed by atoms with E-state index < -0.39 is 0 Å². The first kappa shape index (κ1) is 13.7. The molecule has 0 aliphatic heterocycles. The average Bonchev–Trinajstić information content (AvgIpc) is 2.58. The lowest BCUT2D eigenvalue weighted by molar-refractivity contribution is 0.112. The molecular weight excluding hydrogens is 218 g/mol. The number of aryl methyl sites for hydroxylation is 2. The number of hydrogen-bond donors (Lipinski definition) is 1. The highest BCUT2D eigenvalue weighted by Crippen LogP contribution is 2.20. The molecule has 0 bridgehead atoms. The molecule has 0 aliphatic carbocycles. The fourth-order valence-electron chi connectivity index (χ4n) is 2.00. The number of carbonyl (C=O) groups is 1. The van der Waals surface area contributed by atoms with Gasteiger partial charge in [0.15, 0.2) is 6.29 Å². The zero-order chi connectivity index (χ0) is 12.8. The van der Waals surface area contributed by atoms with E-state index in [1.165, 1.54) is 0 Å². The van der Waals surface area contributed by atoms with Crippen molar-refractivity contribution in [3.8, 4) is 0 Å². The van der Waals surface area contributed by atoms with Crippen molar-refractivity contribution in [3.63, 3.8) is 0 Å². The number of rotatable bonds is 7. The summed E-state index contributed by atoms with van der Waals surface area (Å²) >= 11 is 0. The molecule has 1 aromatic heterocycles. The lowest BCUT2D eigenvalue weighted by atomic mass is 10.2. The molecule has 5 heteroatoms. The molecule has 0 radical (unpaired) electrons. The molecule has 0 amide bonds. The minimum absolute atomic E-state index is 0.244. The first-order chi connectivity index (χ1) is 8.11. The lowest BCUT2D eigenvalue weighted by Gasteiger charge is -2.19. The van der Waals surface area contributed by atoms with Crippen molar-refractivity contribution >= 4 is 12.1 Å². The summed E-state index contributed by atoms with van der Waals surface area (Å²) in [5.74, 6) is 0.862. The highest BCUT2D eigenvalue weighted by atomic mass is 16.2. The molecule has 5 nitrogen and oxygen atoms in total. The van der Waals surface area contributed by atoms with Crippen molar-refractivity contribution in [2.45, 2.75) is 26.2 Å². The predicted molar refractivity (Wildman–Crippen MR) is 67.5 cm³/mol. The van der Waals surface area contributed by atoms with Crippen molar-refractivity contribution < 1.29 is 9.90 Å². The van der Waals surface area contributed by atoms with Crippen molar-refractivity contribution in [2.24, 2.45) is 7.05 Å². The fraction of sp³-hybridized carbons (Fsp3) is 0.667. The number of aliphatic hydroxyl groups is 1. The Morgan fingerprint density at radius 2 is 2.12 bits per heavy atom. The van der Waals surface area contributed by atoms with E-state index in [0.29, 0.717) is 5.56 Å². The molecule has 0 spiro atoms. The Morgan fingerprint density at radius 3 is 2.71 bits per heavy atom. The van der Waals surface area contributed by atoms with E-state index in [9.17, 15) is 4.79 Å². The molecule has 1 aromatic rings. The van der Waals surface area contributed by atoms with E-state index in [2.05, 4.69) is 5.10 Å². The van der Waals surface area contributed by atoms with Gasteiger partial charge in [-0.25, -0.2) is 0 Å². The Bertz CT molecular complexity index is 374. The van der Waals surface area contributed by atoms with Gasteiger partial charge in [-0.3, -0.25) is 9.48 Å². The Kier molecular flexibility index (Phi) is 5.15. The van der Waals surface area contributed by atoms with Crippen molar-refractivity contribution in [1.29, 1.82) is 0 Å². The van der Waals surface area contributed by atoms with E-state index in [-0.39, 0.29) is 6.61 Å². The van der Waals surface area contributed by atoms with E-state index in [1.807, 2.05) is 25.9 Å².